The second kappa shape index (κ2) is 4.98. The minimum Gasteiger partial charge on any atom is -0.324 e. The number of halogens is 2. The van der Waals surface area contributed by atoms with Crippen molar-refractivity contribution < 1.29 is 18.4 Å². The average molecular weight is 312 g/mol. The van der Waals surface area contributed by atoms with E-state index in [-0.39, 0.29) is 22.4 Å². The van der Waals surface area contributed by atoms with Crippen LogP contribution in [0.25, 0.3) is 0 Å². The summed E-state index contributed by atoms with van der Waals surface area (Å²) in [6.07, 6.45) is 1.17. The number of benzene rings is 1. The molecule has 0 aromatic heterocycles. The molecule has 2 aliphatic heterocycles. The summed E-state index contributed by atoms with van der Waals surface area (Å²) in [5.41, 5.74) is 0.184. The van der Waals surface area contributed by atoms with Crippen molar-refractivity contribution in [2.45, 2.75) is 30.7 Å². The van der Waals surface area contributed by atoms with Crippen LogP contribution in [0.5, 0.6) is 0 Å². The lowest BCUT2D eigenvalue weighted by Crippen LogP contribution is -2.48. The average Bonchev–Trinajstić information content (AvgIpc) is 2.91. The number of rotatable bonds is 2. The predicted molar refractivity (Wildman–Crippen MR) is 75.7 cm³/mol. The van der Waals surface area contributed by atoms with E-state index in [1.165, 1.54) is 6.07 Å². The monoisotopic (exact) mass is 312 g/mol. The molecule has 2 saturated heterocycles. The predicted octanol–water partition coefficient (Wildman–Crippen LogP) is 2.36. The normalized spacial score (nSPS) is 27.9. The van der Waals surface area contributed by atoms with Gasteiger partial charge >= 0.3 is 0 Å². The molecule has 0 aliphatic carbocycles. The fraction of sp³-hybridized carbons (Fsp3) is 0.429. The zero-order chi connectivity index (χ0) is 15.2. The number of carbonyl (C=O) groups excluding carboxylic acids is 2. The first-order chi connectivity index (χ1) is 9.90. The van der Waals surface area contributed by atoms with Gasteiger partial charge in [-0.2, -0.15) is 0 Å². The van der Waals surface area contributed by atoms with Gasteiger partial charge in [-0.15, -0.1) is 11.8 Å². The minimum atomic E-state index is -1.02. The van der Waals surface area contributed by atoms with Crippen molar-refractivity contribution in [2.24, 2.45) is 0 Å². The summed E-state index contributed by atoms with van der Waals surface area (Å²) < 4.78 is 26.0. The third kappa shape index (κ3) is 2.39. The lowest BCUT2D eigenvalue weighted by atomic mass is 10.2. The van der Waals surface area contributed by atoms with Crippen molar-refractivity contribution in [3.05, 3.63) is 29.8 Å². The van der Waals surface area contributed by atoms with Crippen LogP contribution in [-0.2, 0) is 9.59 Å². The van der Waals surface area contributed by atoms with Gasteiger partial charge in [0.25, 0.3) is 0 Å². The molecule has 1 aromatic rings. The molecule has 3 rings (SSSR count). The van der Waals surface area contributed by atoms with Crippen molar-refractivity contribution in [1.82, 2.24) is 4.90 Å². The van der Waals surface area contributed by atoms with Crippen molar-refractivity contribution in [1.29, 1.82) is 0 Å². The van der Waals surface area contributed by atoms with Crippen molar-refractivity contribution >= 4 is 29.3 Å². The number of amides is 2. The van der Waals surface area contributed by atoms with Gasteiger partial charge < -0.3 is 10.2 Å². The Hall–Kier alpha value is -1.63. The molecule has 21 heavy (non-hydrogen) atoms. The van der Waals surface area contributed by atoms with Gasteiger partial charge in [-0.25, -0.2) is 8.78 Å². The zero-order valence-corrected chi connectivity index (χ0v) is 12.2. The van der Waals surface area contributed by atoms with Gasteiger partial charge in [-0.3, -0.25) is 9.59 Å². The molecule has 0 spiro atoms. The van der Waals surface area contributed by atoms with E-state index in [9.17, 15) is 18.4 Å². The summed E-state index contributed by atoms with van der Waals surface area (Å²) in [6.45, 7) is 1.95. The molecule has 7 heteroatoms. The van der Waals surface area contributed by atoms with Crippen LogP contribution in [-0.4, -0.2) is 33.4 Å². The van der Waals surface area contributed by atoms with Crippen molar-refractivity contribution in [3.8, 4) is 0 Å². The summed E-state index contributed by atoms with van der Waals surface area (Å²) in [6, 6.07) is 2.62. The lowest BCUT2D eigenvalue weighted by Gasteiger charge is -2.29. The quantitative estimate of drug-likeness (QED) is 0.912. The summed E-state index contributed by atoms with van der Waals surface area (Å²) >= 11 is 1.58. The van der Waals surface area contributed by atoms with Gasteiger partial charge in [0.05, 0.1) is 4.87 Å². The van der Waals surface area contributed by atoms with Gasteiger partial charge in [0.2, 0.25) is 11.8 Å². The van der Waals surface area contributed by atoms with Crippen LogP contribution in [0.15, 0.2) is 18.2 Å². The second-order valence-electron chi connectivity index (χ2n) is 5.38. The van der Waals surface area contributed by atoms with E-state index in [0.717, 1.165) is 18.6 Å². The number of hydrogen-bond donors (Lipinski definition) is 1. The van der Waals surface area contributed by atoms with Crippen molar-refractivity contribution in [3.63, 3.8) is 0 Å². The highest BCUT2D eigenvalue weighted by molar-refractivity contribution is 8.01. The molecule has 2 amide bonds. The maximum Gasteiger partial charge on any atom is 0.248 e. The van der Waals surface area contributed by atoms with E-state index < -0.39 is 17.7 Å². The molecule has 1 N–H and O–H groups in total. The number of anilines is 1. The van der Waals surface area contributed by atoms with Crippen LogP contribution < -0.4 is 5.32 Å². The molecule has 2 atom stereocenters. The number of hydrogen-bond acceptors (Lipinski definition) is 3. The molecule has 112 valence electrons. The standard InChI is InChI=1S/C14H14F2N2O2S/c1-14-5-4-12(19)18(14)11(7-21-14)13(20)17-8-2-3-9(15)10(16)6-8/h2-3,6,11H,4-5,7H2,1H3,(H,17,20). The van der Waals surface area contributed by atoms with Crippen LogP contribution in [0.2, 0.25) is 0 Å². The number of nitrogens with zero attached hydrogens (tertiary/aromatic N) is 1. The third-order valence-corrected chi connectivity index (χ3v) is 5.44. The highest BCUT2D eigenvalue weighted by atomic mass is 32.2. The van der Waals surface area contributed by atoms with Crippen LogP contribution in [0.4, 0.5) is 14.5 Å². The summed E-state index contributed by atoms with van der Waals surface area (Å²) in [4.78, 5) is 25.5. The Kier molecular flexibility index (Phi) is 3.39. The molecule has 2 heterocycles. The molecule has 2 fully saturated rings. The topological polar surface area (TPSA) is 49.4 Å². The van der Waals surface area contributed by atoms with E-state index in [0.29, 0.717) is 12.2 Å². The fourth-order valence-corrected chi connectivity index (χ4v) is 4.25. The Morgan fingerprint density at radius 1 is 1.43 bits per heavy atom. The SMILES string of the molecule is CC12CCC(=O)N1C(C(=O)Nc1ccc(F)c(F)c1)CS2. The smallest absolute Gasteiger partial charge is 0.248 e. The van der Waals surface area contributed by atoms with Crippen LogP contribution in [0.3, 0.4) is 0 Å². The molecular weight excluding hydrogens is 298 g/mol. The van der Waals surface area contributed by atoms with Gasteiger partial charge in [0.15, 0.2) is 11.6 Å². The van der Waals surface area contributed by atoms with Gasteiger partial charge in [0.1, 0.15) is 6.04 Å². The summed E-state index contributed by atoms with van der Waals surface area (Å²) in [5.74, 6) is -1.87. The van der Waals surface area contributed by atoms with Gasteiger partial charge in [-0.05, 0) is 25.5 Å². The first kappa shape index (κ1) is 14.3. The molecule has 2 aliphatic rings. The van der Waals surface area contributed by atoms with Crippen LogP contribution >= 0.6 is 11.8 Å². The minimum absolute atomic E-state index is 0.0343. The highest BCUT2D eigenvalue weighted by Crippen LogP contribution is 2.47. The Balaban J connectivity index is 1.77. The first-order valence-corrected chi connectivity index (χ1v) is 7.61. The molecule has 0 bridgehead atoms. The van der Waals surface area contributed by atoms with Crippen LogP contribution in [0, 0.1) is 11.6 Å². The largest absolute Gasteiger partial charge is 0.324 e. The lowest BCUT2D eigenvalue weighted by molar-refractivity contribution is -0.135. The Morgan fingerprint density at radius 3 is 2.90 bits per heavy atom. The van der Waals surface area contributed by atoms with Gasteiger partial charge in [0, 0.05) is 23.9 Å². The maximum absolute atomic E-state index is 13.1. The number of thioether (sulfide) groups is 1. The summed E-state index contributed by atoms with van der Waals surface area (Å²) in [7, 11) is 0. The van der Waals surface area contributed by atoms with E-state index >= 15 is 0 Å². The third-order valence-electron chi connectivity index (χ3n) is 3.93. The maximum atomic E-state index is 13.1. The first-order valence-electron chi connectivity index (χ1n) is 6.63. The van der Waals surface area contributed by atoms with E-state index in [2.05, 4.69) is 5.32 Å². The second-order valence-corrected chi connectivity index (χ2v) is 6.89. The zero-order valence-electron chi connectivity index (χ0n) is 11.4. The molecule has 4 nitrogen and oxygen atoms in total. The number of nitrogens with one attached hydrogen (secondary N) is 1. The van der Waals surface area contributed by atoms with Gasteiger partial charge in [-0.1, -0.05) is 0 Å². The van der Waals surface area contributed by atoms with E-state index in [1.807, 2.05) is 6.92 Å². The van der Waals surface area contributed by atoms with E-state index in [1.54, 1.807) is 16.7 Å². The van der Waals surface area contributed by atoms with E-state index in [4.69, 9.17) is 0 Å². The Bertz CT molecular complexity index is 625. The summed E-state index contributed by atoms with van der Waals surface area (Å²) in [5, 5.41) is 2.55. The fourth-order valence-electron chi connectivity index (χ4n) is 2.81. The highest BCUT2D eigenvalue weighted by Gasteiger charge is 2.52. The molecular formula is C14H14F2N2O2S. The molecule has 2 unspecified atom stereocenters. The van der Waals surface area contributed by atoms with Crippen LogP contribution in [0.1, 0.15) is 19.8 Å². The number of fused-ring (bicyclic) bond motifs is 1. The molecule has 0 radical (unpaired) electrons. The molecule has 0 saturated carbocycles. The number of carbonyl (C=O) groups is 2. The Labute approximate surface area is 124 Å². The Morgan fingerprint density at radius 2 is 2.19 bits per heavy atom. The molecule has 1 aromatic carbocycles. The van der Waals surface area contributed by atoms with Crippen molar-refractivity contribution in [2.75, 3.05) is 11.1 Å².